The predicted octanol–water partition coefficient (Wildman–Crippen LogP) is 1.01. The summed E-state index contributed by atoms with van der Waals surface area (Å²) in [5, 5.41) is 19.4. The molecule has 0 rings (SSSR count). The summed E-state index contributed by atoms with van der Waals surface area (Å²) in [5.41, 5.74) is 0. The van der Waals surface area contributed by atoms with E-state index < -0.39 is 12.3 Å². The van der Waals surface area contributed by atoms with Crippen LogP contribution in [0.1, 0.15) is 26.7 Å². The van der Waals surface area contributed by atoms with Crippen molar-refractivity contribution in [2.75, 3.05) is 0 Å². The second kappa shape index (κ2) is 4.96. The number of nitrogens with one attached hydrogen (secondary N) is 1. The molecule has 0 aliphatic rings. The Labute approximate surface area is 66.2 Å². The van der Waals surface area contributed by atoms with Crippen molar-refractivity contribution in [1.82, 2.24) is 5.32 Å². The van der Waals surface area contributed by atoms with Crippen molar-refractivity contribution in [3.05, 3.63) is 0 Å². The van der Waals surface area contributed by atoms with Gasteiger partial charge in [0, 0.05) is 5.92 Å². The summed E-state index contributed by atoms with van der Waals surface area (Å²) < 4.78 is 0. The molecular formula is C7H15NO3. The van der Waals surface area contributed by atoms with Crippen molar-refractivity contribution in [2.45, 2.75) is 32.9 Å². The Bertz CT molecular complexity index is 127. The molecule has 0 aromatic heterocycles. The molecular weight excluding hydrogens is 146 g/mol. The van der Waals surface area contributed by atoms with Gasteiger partial charge in [0.2, 0.25) is 0 Å². The highest BCUT2D eigenvalue weighted by atomic mass is 16.4. The van der Waals surface area contributed by atoms with Crippen molar-refractivity contribution in [3.8, 4) is 0 Å². The quantitative estimate of drug-likeness (QED) is 0.539. The van der Waals surface area contributed by atoms with E-state index in [2.05, 4.69) is 0 Å². The molecule has 66 valence electrons. The number of hydrogen-bond acceptors (Lipinski definition) is 2. The van der Waals surface area contributed by atoms with Gasteiger partial charge in [0.1, 0.15) is 6.23 Å². The highest BCUT2D eigenvalue weighted by Crippen LogP contribution is 2.07. The molecule has 11 heavy (non-hydrogen) atoms. The third kappa shape index (κ3) is 4.61. The first-order valence-electron chi connectivity index (χ1n) is 3.75. The fourth-order valence-electron chi connectivity index (χ4n) is 0.882. The van der Waals surface area contributed by atoms with Crippen molar-refractivity contribution in [2.24, 2.45) is 5.92 Å². The first kappa shape index (κ1) is 10.2. The molecule has 0 aliphatic heterocycles. The second-order valence-electron chi connectivity index (χ2n) is 2.66. The van der Waals surface area contributed by atoms with Gasteiger partial charge < -0.3 is 10.2 Å². The highest BCUT2D eigenvalue weighted by molar-refractivity contribution is 5.64. The van der Waals surface area contributed by atoms with Crippen LogP contribution in [0.3, 0.4) is 0 Å². The van der Waals surface area contributed by atoms with E-state index in [1.54, 1.807) is 0 Å². The molecule has 0 saturated heterocycles. The largest absolute Gasteiger partial charge is 0.465 e. The normalized spacial score (nSPS) is 15.5. The van der Waals surface area contributed by atoms with Crippen molar-refractivity contribution in [1.29, 1.82) is 0 Å². The molecule has 0 fully saturated rings. The smallest absolute Gasteiger partial charge is 0.406 e. The van der Waals surface area contributed by atoms with Gasteiger partial charge in [0.25, 0.3) is 0 Å². The monoisotopic (exact) mass is 161 g/mol. The molecule has 1 amide bonds. The molecule has 0 spiro atoms. The molecule has 4 heteroatoms. The van der Waals surface area contributed by atoms with Crippen LogP contribution in [0.2, 0.25) is 0 Å². The molecule has 2 unspecified atom stereocenters. The molecule has 4 nitrogen and oxygen atoms in total. The zero-order chi connectivity index (χ0) is 8.85. The van der Waals surface area contributed by atoms with Gasteiger partial charge in [-0.2, -0.15) is 0 Å². The lowest BCUT2D eigenvalue weighted by Gasteiger charge is -2.17. The zero-order valence-electron chi connectivity index (χ0n) is 6.87. The topological polar surface area (TPSA) is 69.6 Å². The summed E-state index contributed by atoms with van der Waals surface area (Å²) in [6.07, 6.45) is -0.353. The summed E-state index contributed by atoms with van der Waals surface area (Å²) in [6.45, 7) is 3.80. The van der Waals surface area contributed by atoms with Crippen LogP contribution < -0.4 is 5.32 Å². The highest BCUT2D eigenvalue weighted by Gasteiger charge is 2.14. The van der Waals surface area contributed by atoms with Crippen molar-refractivity contribution in [3.63, 3.8) is 0 Å². The first-order chi connectivity index (χ1) is 5.07. The lowest BCUT2D eigenvalue weighted by Crippen LogP contribution is -2.38. The first-order valence-corrected chi connectivity index (χ1v) is 3.75. The number of carboxylic acid groups (broad SMARTS) is 1. The van der Waals surface area contributed by atoms with E-state index in [9.17, 15) is 4.79 Å². The average molecular weight is 161 g/mol. The predicted molar refractivity (Wildman–Crippen MR) is 41.2 cm³/mol. The fraction of sp³-hybridized carbons (Fsp3) is 0.857. The molecule has 0 aliphatic carbocycles. The summed E-state index contributed by atoms with van der Waals surface area (Å²) in [6, 6.07) is 0. The number of hydrogen-bond donors (Lipinski definition) is 3. The Balaban J connectivity index is 3.63. The van der Waals surface area contributed by atoms with E-state index in [-0.39, 0.29) is 5.92 Å². The van der Waals surface area contributed by atoms with E-state index in [4.69, 9.17) is 10.2 Å². The molecule has 0 aromatic rings. The van der Waals surface area contributed by atoms with Crippen LogP contribution in [0.5, 0.6) is 0 Å². The number of aliphatic hydroxyl groups is 1. The van der Waals surface area contributed by atoms with Crippen molar-refractivity contribution >= 4 is 6.09 Å². The van der Waals surface area contributed by atoms with Gasteiger partial charge in [-0.05, 0) is 6.42 Å². The molecule has 0 radical (unpaired) electrons. The Morgan fingerprint density at radius 2 is 2.18 bits per heavy atom. The molecule has 0 saturated carbocycles. The van der Waals surface area contributed by atoms with Gasteiger partial charge in [-0.3, -0.25) is 5.32 Å². The van der Waals surface area contributed by atoms with Gasteiger partial charge in [-0.25, -0.2) is 4.79 Å². The number of aliphatic hydroxyl groups excluding tert-OH is 1. The van der Waals surface area contributed by atoms with E-state index in [1.165, 1.54) is 0 Å². The van der Waals surface area contributed by atoms with E-state index in [1.807, 2.05) is 19.2 Å². The van der Waals surface area contributed by atoms with Crippen LogP contribution in [0.4, 0.5) is 4.79 Å². The summed E-state index contributed by atoms with van der Waals surface area (Å²) >= 11 is 0. The Kier molecular flexibility index (Phi) is 4.61. The maximum atomic E-state index is 10.0. The molecule has 3 N–H and O–H groups in total. The van der Waals surface area contributed by atoms with E-state index in [0.717, 1.165) is 12.8 Å². The minimum absolute atomic E-state index is 0.0175. The fourth-order valence-corrected chi connectivity index (χ4v) is 0.882. The number of carbonyl (C=O) groups is 1. The van der Waals surface area contributed by atoms with Crippen LogP contribution in [0.15, 0.2) is 0 Å². The Hall–Kier alpha value is -0.770. The van der Waals surface area contributed by atoms with Gasteiger partial charge in [0.05, 0.1) is 0 Å². The minimum atomic E-state index is -1.18. The van der Waals surface area contributed by atoms with E-state index in [0.29, 0.717) is 0 Å². The second-order valence-corrected chi connectivity index (χ2v) is 2.66. The molecule has 0 aromatic carbocycles. The maximum Gasteiger partial charge on any atom is 0.406 e. The average Bonchev–Trinajstić information content (AvgIpc) is 1.86. The summed E-state index contributed by atoms with van der Waals surface area (Å²) in [4.78, 5) is 10.0. The summed E-state index contributed by atoms with van der Waals surface area (Å²) in [7, 11) is 0. The lowest BCUT2D eigenvalue weighted by atomic mass is 10.0. The number of rotatable bonds is 4. The molecule has 0 heterocycles. The van der Waals surface area contributed by atoms with Crippen LogP contribution >= 0.6 is 0 Å². The number of amides is 1. The lowest BCUT2D eigenvalue weighted by molar-refractivity contribution is 0.0753. The SMILES string of the molecule is CCCC(C)C(O)NC(=O)O. The van der Waals surface area contributed by atoms with Crippen LogP contribution in [0.25, 0.3) is 0 Å². The molecule has 2 atom stereocenters. The van der Waals surface area contributed by atoms with Crippen LogP contribution in [0, 0.1) is 5.92 Å². The van der Waals surface area contributed by atoms with Crippen LogP contribution in [-0.4, -0.2) is 22.5 Å². The zero-order valence-corrected chi connectivity index (χ0v) is 6.87. The van der Waals surface area contributed by atoms with Crippen LogP contribution in [-0.2, 0) is 0 Å². The molecule has 0 bridgehead atoms. The Morgan fingerprint density at radius 3 is 2.55 bits per heavy atom. The minimum Gasteiger partial charge on any atom is -0.465 e. The van der Waals surface area contributed by atoms with E-state index >= 15 is 0 Å². The van der Waals surface area contributed by atoms with Gasteiger partial charge >= 0.3 is 6.09 Å². The third-order valence-electron chi connectivity index (χ3n) is 1.55. The van der Waals surface area contributed by atoms with Gasteiger partial charge in [-0.15, -0.1) is 0 Å². The van der Waals surface area contributed by atoms with Gasteiger partial charge in [0.15, 0.2) is 0 Å². The van der Waals surface area contributed by atoms with Gasteiger partial charge in [-0.1, -0.05) is 20.3 Å². The third-order valence-corrected chi connectivity index (χ3v) is 1.55. The Morgan fingerprint density at radius 1 is 1.64 bits per heavy atom. The standard InChI is InChI=1S/C7H15NO3/c1-3-4-5(2)6(9)8-7(10)11/h5-6,8-9H,3-4H2,1-2H3,(H,10,11). The van der Waals surface area contributed by atoms with Crippen molar-refractivity contribution < 1.29 is 15.0 Å². The maximum absolute atomic E-state index is 10.0. The summed E-state index contributed by atoms with van der Waals surface area (Å²) in [5.74, 6) is -0.0175.